The smallest absolute Gasteiger partial charge is 0.348 e. The van der Waals surface area contributed by atoms with Gasteiger partial charge in [-0.25, -0.2) is 9.59 Å². The predicted molar refractivity (Wildman–Crippen MR) is 135 cm³/mol. The highest BCUT2D eigenvalue weighted by molar-refractivity contribution is 7.18. The quantitative estimate of drug-likeness (QED) is 0.243. The van der Waals surface area contributed by atoms with Crippen LogP contribution in [0.3, 0.4) is 0 Å². The van der Waals surface area contributed by atoms with Gasteiger partial charge in [0.2, 0.25) is 11.6 Å². The Morgan fingerprint density at radius 1 is 0.833 bits per heavy atom. The Morgan fingerprint density at radius 3 is 1.94 bits per heavy atom. The van der Waals surface area contributed by atoms with E-state index in [0.717, 1.165) is 11.3 Å². The zero-order chi connectivity index (χ0) is 26.4. The molecular weight excluding hydrogens is 482 g/mol. The van der Waals surface area contributed by atoms with Crippen molar-refractivity contribution in [2.45, 2.75) is 33.8 Å². The third-order valence-corrected chi connectivity index (χ3v) is 6.22. The molecule has 0 bridgehead atoms. The minimum Gasteiger partial charge on any atom is -0.462 e. The highest BCUT2D eigenvalue weighted by Gasteiger charge is 2.28. The molecule has 0 saturated carbocycles. The van der Waals surface area contributed by atoms with Crippen LogP contribution in [0.4, 0.5) is 5.00 Å². The van der Waals surface area contributed by atoms with E-state index in [1.807, 2.05) is 0 Å². The Morgan fingerprint density at radius 2 is 1.39 bits per heavy atom. The zero-order valence-electron chi connectivity index (χ0n) is 20.2. The summed E-state index contributed by atoms with van der Waals surface area (Å²) in [7, 11) is 0. The summed E-state index contributed by atoms with van der Waals surface area (Å²) in [6.07, 6.45) is -0.363. The van der Waals surface area contributed by atoms with E-state index in [1.165, 1.54) is 24.3 Å². The summed E-state index contributed by atoms with van der Waals surface area (Å²) in [4.78, 5) is 63.1. The summed E-state index contributed by atoms with van der Waals surface area (Å²) in [6, 6.07) is 13.8. The first-order valence-electron chi connectivity index (χ1n) is 11.2. The Bertz CT molecular complexity index is 1310. The first kappa shape index (κ1) is 26.5. The predicted octanol–water partition coefficient (Wildman–Crippen LogP) is 5.12. The van der Waals surface area contributed by atoms with Gasteiger partial charge in [0.1, 0.15) is 9.88 Å². The second-order valence-electron chi connectivity index (χ2n) is 7.99. The van der Waals surface area contributed by atoms with E-state index in [4.69, 9.17) is 9.47 Å². The van der Waals surface area contributed by atoms with Crippen LogP contribution in [0.1, 0.15) is 77.4 Å². The normalized spacial score (nSPS) is 10.6. The molecule has 1 amide bonds. The number of carbonyl (C=O) groups excluding carboxylic acids is 5. The maximum absolute atomic E-state index is 12.9. The molecule has 1 aromatic heterocycles. The number of nitrogens with one attached hydrogen (secondary N) is 1. The summed E-state index contributed by atoms with van der Waals surface area (Å²) in [5.41, 5.74) is 1.02. The lowest BCUT2D eigenvalue weighted by molar-refractivity contribution is 0.0382. The fraction of sp³-hybridized carbons (Fsp3) is 0.222. The largest absolute Gasteiger partial charge is 0.462 e. The lowest BCUT2D eigenvalue weighted by Gasteiger charge is -2.08. The summed E-state index contributed by atoms with van der Waals surface area (Å²) in [6.45, 7) is 6.76. The molecule has 36 heavy (non-hydrogen) atoms. The average Bonchev–Trinajstić information content (AvgIpc) is 3.19. The van der Waals surface area contributed by atoms with Crippen molar-refractivity contribution in [3.8, 4) is 0 Å². The van der Waals surface area contributed by atoms with Gasteiger partial charge in [-0.15, -0.1) is 11.3 Å². The number of carbonyl (C=O) groups is 5. The lowest BCUT2D eigenvalue weighted by Crippen LogP contribution is -2.16. The number of hydrogen-bond donors (Lipinski definition) is 1. The van der Waals surface area contributed by atoms with Crippen LogP contribution < -0.4 is 5.32 Å². The number of anilines is 1. The molecule has 0 aliphatic carbocycles. The minimum absolute atomic E-state index is 0.0751. The number of ether oxygens (including phenoxy) is 2. The Hall–Kier alpha value is -4.11. The van der Waals surface area contributed by atoms with Gasteiger partial charge in [-0.3, -0.25) is 14.4 Å². The molecule has 8 nitrogen and oxygen atoms in total. The fourth-order valence-electron chi connectivity index (χ4n) is 3.31. The Balaban J connectivity index is 1.84. The molecule has 3 aromatic rings. The van der Waals surface area contributed by atoms with Crippen molar-refractivity contribution in [2.24, 2.45) is 0 Å². The van der Waals surface area contributed by atoms with E-state index < -0.39 is 29.4 Å². The number of Topliss-reactive ketones (excluding diaryl/α,β-unsaturated/α-hetero) is 2. The van der Waals surface area contributed by atoms with E-state index >= 15 is 0 Å². The van der Waals surface area contributed by atoms with E-state index in [-0.39, 0.29) is 44.8 Å². The van der Waals surface area contributed by atoms with Crippen LogP contribution in [-0.4, -0.2) is 42.1 Å². The molecular formula is C27H25NO7S. The van der Waals surface area contributed by atoms with E-state index in [2.05, 4.69) is 5.32 Å². The second kappa shape index (κ2) is 11.5. The van der Waals surface area contributed by atoms with Crippen molar-refractivity contribution in [3.63, 3.8) is 0 Å². The van der Waals surface area contributed by atoms with Crippen LogP contribution in [0.15, 0.2) is 54.6 Å². The summed E-state index contributed by atoms with van der Waals surface area (Å²) in [5.74, 6) is -3.20. The molecule has 1 N–H and O–H groups in total. The molecule has 2 aromatic carbocycles. The highest BCUT2D eigenvalue weighted by atomic mass is 32.1. The fourth-order valence-corrected chi connectivity index (χ4v) is 4.39. The van der Waals surface area contributed by atoms with Gasteiger partial charge in [0, 0.05) is 16.7 Å². The maximum atomic E-state index is 12.9. The number of hydrogen-bond acceptors (Lipinski definition) is 8. The first-order valence-corrected chi connectivity index (χ1v) is 12.0. The summed E-state index contributed by atoms with van der Waals surface area (Å²) >= 11 is 0.917. The van der Waals surface area contributed by atoms with E-state index in [0.29, 0.717) is 5.56 Å². The minimum atomic E-state index is -0.694. The molecule has 0 unspecified atom stereocenters. The standard InChI is InChI=1S/C27H25NO7S/c1-5-34-26(32)20-16(4)23(27(33)35-15(2)3)36-25(20)28-24(31)19-13-11-18(12-14-19)22(30)21(29)17-9-7-6-8-10-17/h6-15H,5H2,1-4H3,(H,28,31). The molecule has 0 spiro atoms. The van der Waals surface area contributed by atoms with E-state index in [1.54, 1.807) is 58.0 Å². The van der Waals surface area contributed by atoms with Crippen molar-refractivity contribution >= 4 is 45.8 Å². The Kier molecular flexibility index (Phi) is 8.50. The number of thiophene rings is 1. The van der Waals surface area contributed by atoms with Gasteiger partial charge in [-0.1, -0.05) is 42.5 Å². The van der Waals surface area contributed by atoms with Gasteiger partial charge in [-0.05, 0) is 45.4 Å². The van der Waals surface area contributed by atoms with Crippen LogP contribution in [0.25, 0.3) is 0 Å². The van der Waals surface area contributed by atoms with Crippen LogP contribution in [-0.2, 0) is 9.47 Å². The van der Waals surface area contributed by atoms with Crippen molar-refractivity contribution in [3.05, 3.63) is 87.3 Å². The third kappa shape index (κ3) is 5.92. The SMILES string of the molecule is CCOC(=O)c1c(NC(=O)c2ccc(C(=O)C(=O)c3ccccc3)cc2)sc(C(=O)OC(C)C)c1C. The Labute approximate surface area is 212 Å². The molecule has 0 radical (unpaired) electrons. The maximum Gasteiger partial charge on any atom is 0.348 e. The lowest BCUT2D eigenvalue weighted by atomic mass is 10.0. The first-order chi connectivity index (χ1) is 17.1. The van der Waals surface area contributed by atoms with Gasteiger partial charge < -0.3 is 14.8 Å². The number of esters is 2. The number of ketones is 2. The monoisotopic (exact) mass is 507 g/mol. The third-order valence-electron chi connectivity index (χ3n) is 5.03. The molecule has 0 fully saturated rings. The molecule has 0 aliphatic heterocycles. The van der Waals surface area contributed by atoms with Gasteiger partial charge in [-0.2, -0.15) is 0 Å². The molecule has 3 rings (SSSR count). The molecule has 0 saturated heterocycles. The average molecular weight is 508 g/mol. The second-order valence-corrected chi connectivity index (χ2v) is 9.01. The number of rotatable bonds is 9. The molecule has 0 atom stereocenters. The topological polar surface area (TPSA) is 116 Å². The van der Waals surface area contributed by atoms with Gasteiger partial charge in [0.05, 0.1) is 18.3 Å². The zero-order valence-corrected chi connectivity index (χ0v) is 21.1. The molecule has 186 valence electrons. The van der Waals surface area contributed by atoms with Crippen molar-refractivity contribution in [2.75, 3.05) is 11.9 Å². The summed E-state index contributed by atoms with van der Waals surface area (Å²) in [5, 5.41) is 2.80. The number of amides is 1. The molecule has 1 heterocycles. The van der Waals surface area contributed by atoms with Crippen molar-refractivity contribution < 1.29 is 33.4 Å². The number of benzene rings is 2. The van der Waals surface area contributed by atoms with Gasteiger partial charge in [0.15, 0.2) is 0 Å². The van der Waals surface area contributed by atoms with Crippen LogP contribution in [0.5, 0.6) is 0 Å². The van der Waals surface area contributed by atoms with Crippen LogP contribution in [0, 0.1) is 6.92 Å². The van der Waals surface area contributed by atoms with Crippen LogP contribution in [0.2, 0.25) is 0 Å². The highest BCUT2D eigenvalue weighted by Crippen LogP contribution is 2.35. The van der Waals surface area contributed by atoms with E-state index in [9.17, 15) is 24.0 Å². The van der Waals surface area contributed by atoms with Crippen molar-refractivity contribution in [1.29, 1.82) is 0 Å². The molecule has 9 heteroatoms. The van der Waals surface area contributed by atoms with Gasteiger partial charge in [0.25, 0.3) is 5.91 Å². The van der Waals surface area contributed by atoms with Crippen LogP contribution >= 0.6 is 11.3 Å². The van der Waals surface area contributed by atoms with Gasteiger partial charge >= 0.3 is 11.9 Å². The summed E-state index contributed by atoms with van der Waals surface area (Å²) < 4.78 is 10.4. The van der Waals surface area contributed by atoms with Crippen molar-refractivity contribution in [1.82, 2.24) is 0 Å². The molecule has 0 aliphatic rings.